The molecular formula is C18H18BrClN2O3S. The summed E-state index contributed by atoms with van der Waals surface area (Å²) in [6.45, 7) is 3.49. The molecule has 3 rings (SSSR count). The molecule has 138 valence electrons. The number of carbonyl (C=O) groups excluding carboxylic acids is 1. The summed E-state index contributed by atoms with van der Waals surface area (Å²) < 4.78 is 29.2. The van der Waals surface area contributed by atoms with Gasteiger partial charge in [0.05, 0.1) is 5.69 Å². The standard InChI is InChI=1S/C18H18BrClN2O3S/c1-11-7-14-8-15(19)9-17(18(14)22(11)12(2)23)26(24,25)21-10-13-3-5-16(20)6-4-13/h3-6,8-9,11,21H,7,10H2,1-2H3/t11-/m1/s1. The number of benzene rings is 2. The van der Waals surface area contributed by atoms with E-state index in [1.807, 2.05) is 13.0 Å². The molecule has 0 saturated heterocycles. The molecule has 0 unspecified atom stereocenters. The minimum atomic E-state index is -3.81. The number of anilines is 1. The van der Waals surface area contributed by atoms with Crippen molar-refractivity contribution in [3.8, 4) is 0 Å². The molecule has 1 amide bonds. The van der Waals surface area contributed by atoms with E-state index in [9.17, 15) is 13.2 Å². The average Bonchev–Trinajstić information content (AvgIpc) is 2.89. The van der Waals surface area contributed by atoms with Crippen molar-refractivity contribution < 1.29 is 13.2 Å². The third-order valence-corrected chi connectivity index (χ3v) is 6.45. The second kappa shape index (κ2) is 7.31. The number of rotatable bonds is 4. The van der Waals surface area contributed by atoms with Gasteiger partial charge in [0.2, 0.25) is 15.9 Å². The maximum absolute atomic E-state index is 13.0. The van der Waals surface area contributed by atoms with Crippen molar-refractivity contribution in [3.63, 3.8) is 0 Å². The zero-order chi connectivity index (χ0) is 19.1. The smallest absolute Gasteiger partial charge is 0.242 e. The molecule has 0 spiro atoms. The summed E-state index contributed by atoms with van der Waals surface area (Å²) in [4.78, 5) is 13.7. The van der Waals surface area contributed by atoms with Crippen LogP contribution in [0.2, 0.25) is 5.02 Å². The predicted octanol–water partition coefficient (Wildman–Crippen LogP) is 3.88. The van der Waals surface area contributed by atoms with Gasteiger partial charge in [0.15, 0.2) is 0 Å². The molecule has 1 aliphatic rings. The molecule has 2 aromatic rings. The second-order valence-corrected chi connectivity index (χ2v) is 9.39. The van der Waals surface area contributed by atoms with E-state index in [1.54, 1.807) is 29.2 Å². The summed E-state index contributed by atoms with van der Waals surface area (Å²) in [5.74, 6) is -0.173. The van der Waals surface area contributed by atoms with Crippen LogP contribution in [0.3, 0.4) is 0 Å². The van der Waals surface area contributed by atoms with Gasteiger partial charge in [-0.05, 0) is 48.7 Å². The fourth-order valence-electron chi connectivity index (χ4n) is 3.22. The molecule has 0 saturated carbocycles. The van der Waals surface area contributed by atoms with Crippen LogP contribution in [0.5, 0.6) is 0 Å². The maximum Gasteiger partial charge on any atom is 0.242 e. The molecule has 0 radical (unpaired) electrons. The summed E-state index contributed by atoms with van der Waals surface area (Å²) in [7, 11) is -3.81. The summed E-state index contributed by atoms with van der Waals surface area (Å²) in [6, 6.07) is 10.3. The van der Waals surface area contributed by atoms with Crippen LogP contribution >= 0.6 is 27.5 Å². The van der Waals surface area contributed by atoms with Crippen molar-refractivity contribution in [2.75, 3.05) is 4.90 Å². The van der Waals surface area contributed by atoms with Gasteiger partial charge < -0.3 is 4.90 Å². The minimum Gasteiger partial charge on any atom is -0.308 e. The third-order valence-electron chi connectivity index (χ3n) is 4.32. The monoisotopic (exact) mass is 456 g/mol. The second-order valence-electron chi connectivity index (χ2n) is 6.30. The molecule has 26 heavy (non-hydrogen) atoms. The Labute approximate surface area is 166 Å². The molecule has 1 heterocycles. The van der Waals surface area contributed by atoms with Gasteiger partial charge in [-0.25, -0.2) is 13.1 Å². The number of carbonyl (C=O) groups is 1. The number of amides is 1. The van der Waals surface area contributed by atoms with E-state index in [2.05, 4.69) is 20.7 Å². The number of nitrogens with one attached hydrogen (secondary N) is 1. The van der Waals surface area contributed by atoms with Crippen LogP contribution in [0.4, 0.5) is 5.69 Å². The molecule has 5 nitrogen and oxygen atoms in total. The molecule has 0 fully saturated rings. The van der Waals surface area contributed by atoms with Gasteiger partial charge >= 0.3 is 0 Å². The lowest BCUT2D eigenvalue weighted by Gasteiger charge is -2.23. The number of nitrogens with zero attached hydrogens (tertiary/aromatic N) is 1. The molecule has 1 aliphatic heterocycles. The SMILES string of the molecule is CC(=O)N1c2c(cc(Br)cc2S(=O)(=O)NCc2ccc(Cl)cc2)C[C@H]1C. The number of hydrogen-bond donors (Lipinski definition) is 1. The number of sulfonamides is 1. The quantitative estimate of drug-likeness (QED) is 0.758. The Kier molecular flexibility index (Phi) is 5.44. The van der Waals surface area contributed by atoms with Gasteiger partial charge in [-0.3, -0.25) is 4.79 Å². The molecule has 2 aromatic carbocycles. The highest BCUT2D eigenvalue weighted by Gasteiger charge is 2.35. The Balaban J connectivity index is 1.98. The van der Waals surface area contributed by atoms with Gasteiger partial charge in [0.25, 0.3) is 0 Å². The lowest BCUT2D eigenvalue weighted by molar-refractivity contribution is -0.116. The van der Waals surface area contributed by atoms with Crippen molar-refractivity contribution in [1.82, 2.24) is 4.72 Å². The Morgan fingerprint density at radius 2 is 1.96 bits per heavy atom. The van der Waals surface area contributed by atoms with Crippen molar-refractivity contribution in [2.45, 2.75) is 37.8 Å². The van der Waals surface area contributed by atoms with Crippen LogP contribution in [0.25, 0.3) is 0 Å². The van der Waals surface area contributed by atoms with E-state index in [-0.39, 0.29) is 23.4 Å². The first-order valence-electron chi connectivity index (χ1n) is 8.05. The first-order valence-corrected chi connectivity index (χ1v) is 10.7. The normalized spacial score (nSPS) is 16.6. The number of fused-ring (bicyclic) bond motifs is 1. The fraction of sp³-hybridized carbons (Fsp3) is 0.278. The Morgan fingerprint density at radius 3 is 2.58 bits per heavy atom. The van der Waals surface area contributed by atoms with E-state index in [0.29, 0.717) is 21.6 Å². The van der Waals surface area contributed by atoms with Gasteiger partial charge in [0, 0.05) is 29.0 Å². The summed E-state index contributed by atoms with van der Waals surface area (Å²) in [5, 5.41) is 0.590. The van der Waals surface area contributed by atoms with Crippen LogP contribution in [0.1, 0.15) is 25.0 Å². The zero-order valence-electron chi connectivity index (χ0n) is 14.3. The van der Waals surface area contributed by atoms with Crippen LogP contribution in [0.15, 0.2) is 45.8 Å². The van der Waals surface area contributed by atoms with Crippen LogP contribution in [0, 0.1) is 0 Å². The zero-order valence-corrected chi connectivity index (χ0v) is 17.5. The average molecular weight is 458 g/mol. The van der Waals surface area contributed by atoms with Gasteiger partial charge in [0.1, 0.15) is 4.90 Å². The summed E-state index contributed by atoms with van der Waals surface area (Å²) >= 11 is 9.24. The molecule has 8 heteroatoms. The summed E-state index contributed by atoms with van der Waals surface area (Å²) in [5.41, 5.74) is 2.10. The van der Waals surface area contributed by atoms with Gasteiger partial charge in [-0.2, -0.15) is 0 Å². The molecule has 1 N–H and O–H groups in total. The Bertz CT molecular complexity index is 961. The van der Waals surface area contributed by atoms with Crippen molar-refractivity contribution in [2.24, 2.45) is 0 Å². The fourth-order valence-corrected chi connectivity index (χ4v) is 5.28. The Morgan fingerprint density at radius 1 is 1.31 bits per heavy atom. The Hall–Kier alpha value is -1.41. The van der Waals surface area contributed by atoms with Crippen LogP contribution in [-0.4, -0.2) is 20.4 Å². The van der Waals surface area contributed by atoms with Crippen LogP contribution in [-0.2, 0) is 27.8 Å². The lowest BCUT2D eigenvalue weighted by atomic mass is 10.1. The number of hydrogen-bond acceptors (Lipinski definition) is 3. The minimum absolute atomic E-state index is 0.0815. The van der Waals surface area contributed by atoms with E-state index < -0.39 is 10.0 Å². The molecular weight excluding hydrogens is 440 g/mol. The largest absolute Gasteiger partial charge is 0.308 e. The highest BCUT2D eigenvalue weighted by atomic mass is 79.9. The molecule has 0 bridgehead atoms. The van der Waals surface area contributed by atoms with Crippen molar-refractivity contribution >= 4 is 49.1 Å². The van der Waals surface area contributed by atoms with E-state index in [1.165, 1.54) is 13.0 Å². The summed E-state index contributed by atoms with van der Waals surface area (Å²) in [6.07, 6.45) is 0.619. The highest BCUT2D eigenvalue weighted by molar-refractivity contribution is 9.10. The van der Waals surface area contributed by atoms with Gasteiger partial charge in [-0.15, -0.1) is 0 Å². The van der Waals surface area contributed by atoms with E-state index in [0.717, 1.165) is 11.1 Å². The van der Waals surface area contributed by atoms with Crippen LogP contribution < -0.4 is 9.62 Å². The first-order chi connectivity index (χ1) is 12.2. The van der Waals surface area contributed by atoms with Crippen molar-refractivity contribution in [1.29, 1.82) is 0 Å². The topological polar surface area (TPSA) is 66.5 Å². The van der Waals surface area contributed by atoms with E-state index >= 15 is 0 Å². The van der Waals surface area contributed by atoms with E-state index in [4.69, 9.17) is 11.6 Å². The molecule has 1 atom stereocenters. The number of halogens is 2. The first kappa shape index (κ1) is 19.4. The molecule has 0 aliphatic carbocycles. The predicted molar refractivity (Wildman–Crippen MR) is 106 cm³/mol. The molecule has 0 aromatic heterocycles. The lowest BCUT2D eigenvalue weighted by Crippen LogP contribution is -2.35. The van der Waals surface area contributed by atoms with Crippen molar-refractivity contribution in [3.05, 3.63) is 57.0 Å². The third kappa shape index (κ3) is 3.81. The maximum atomic E-state index is 13.0. The van der Waals surface area contributed by atoms with Gasteiger partial charge in [-0.1, -0.05) is 39.7 Å². The highest BCUT2D eigenvalue weighted by Crippen LogP contribution is 2.40.